The number of hydrogen-bond donors (Lipinski definition) is 1. The third-order valence-corrected chi connectivity index (χ3v) is 5.44. The summed E-state index contributed by atoms with van der Waals surface area (Å²) in [7, 11) is 2.02. The number of urea groups is 1. The molecule has 1 N–H and O–H groups in total. The Morgan fingerprint density at radius 1 is 1.21 bits per heavy atom. The second-order valence-electron chi connectivity index (χ2n) is 7.55. The number of anilines is 1. The van der Waals surface area contributed by atoms with E-state index in [0.29, 0.717) is 30.8 Å². The van der Waals surface area contributed by atoms with Crippen molar-refractivity contribution < 1.29 is 13.7 Å². The van der Waals surface area contributed by atoms with E-state index in [2.05, 4.69) is 25.3 Å². The van der Waals surface area contributed by atoms with Crippen molar-refractivity contribution in [2.24, 2.45) is 0 Å². The lowest BCUT2D eigenvalue weighted by Crippen LogP contribution is -2.50. The molecule has 0 spiro atoms. The maximum absolute atomic E-state index is 12.8. The van der Waals surface area contributed by atoms with E-state index in [0.717, 1.165) is 36.5 Å². The molecule has 1 atom stereocenters. The van der Waals surface area contributed by atoms with Gasteiger partial charge in [-0.25, -0.2) is 9.78 Å². The molecule has 1 unspecified atom stereocenters. The van der Waals surface area contributed by atoms with Gasteiger partial charge in [-0.05, 0) is 44.2 Å². The van der Waals surface area contributed by atoms with E-state index in [4.69, 9.17) is 8.94 Å². The molecular weight excluding hydrogens is 372 g/mol. The maximum atomic E-state index is 12.8. The summed E-state index contributed by atoms with van der Waals surface area (Å²) in [6, 6.07) is 7.17. The Morgan fingerprint density at radius 3 is 2.76 bits per heavy atom. The molecule has 9 heteroatoms. The second kappa shape index (κ2) is 7.32. The van der Waals surface area contributed by atoms with E-state index < -0.39 is 0 Å². The molecular formula is C20H22N6O3. The van der Waals surface area contributed by atoms with Gasteiger partial charge in [0, 0.05) is 36.8 Å². The Kier molecular flexibility index (Phi) is 4.51. The number of carbonyl (C=O) groups excluding carboxylic acids is 1. The van der Waals surface area contributed by atoms with Crippen LogP contribution in [-0.2, 0) is 0 Å². The molecule has 1 aromatic carbocycles. The molecule has 2 amide bonds. The molecule has 0 radical (unpaired) electrons. The van der Waals surface area contributed by atoms with Crippen molar-refractivity contribution in [3.8, 4) is 11.5 Å². The van der Waals surface area contributed by atoms with Crippen molar-refractivity contribution in [3.05, 3.63) is 48.4 Å². The Labute approximate surface area is 167 Å². The van der Waals surface area contributed by atoms with Crippen LogP contribution in [0.1, 0.15) is 36.5 Å². The molecule has 1 saturated heterocycles. The van der Waals surface area contributed by atoms with Crippen molar-refractivity contribution in [1.29, 1.82) is 0 Å². The Morgan fingerprint density at radius 2 is 2.03 bits per heavy atom. The molecule has 0 bridgehead atoms. The normalized spacial score (nSPS) is 20.0. The predicted octanol–water partition coefficient (Wildman–Crippen LogP) is 3.12. The highest BCUT2D eigenvalue weighted by molar-refractivity contribution is 5.89. The molecule has 1 aliphatic heterocycles. The lowest BCUT2D eigenvalue weighted by atomic mass is 10.2. The van der Waals surface area contributed by atoms with Gasteiger partial charge < -0.3 is 19.2 Å². The number of rotatable bonds is 4. The fourth-order valence-electron chi connectivity index (χ4n) is 3.48. The average Bonchev–Trinajstić information content (AvgIpc) is 3.23. The van der Waals surface area contributed by atoms with Gasteiger partial charge in [-0.15, -0.1) is 0 Å². The van der Waals surface area contributed by atoms with Crippen molar-refractivity contribution >= 4 is 11.7 Å². The zero-order valence-corrected chi connectivity index (χ0v) is 16.1. The van der Waals surface area contributed by atoms with Crippen LogP contribution in [0.25, 0.3) is 11.5 Å². The number of piperazine rings is 1. The first kappa shape index (κ1) is 17.9. The summed E-state index contributed by atoms with van der Waals surface area (Å²) < 4.78 is 10.8. The topological polar surface area (TPSA) is 101 Å². The van der Waals surface area contributed by atoms with E-state index in [-0.39, 0.29) is 12.1 Å². The molecule has 9 nitrogen and oxygen atoms in total. The van der Waals surface area contributed by atoms with Gasteiger partial charge in [0.15, 0.2) is 5.82 Å². The Balaban J connectivity index is 1.24. The number of likely N-dealkylation sites (N-methyl/N-ethyl adjacent to an activating group) is 1. The average molecular weight is 394 g/mol. The SMILES string of the molecule is CN1CCN(C(=O)Nc2ccc(-c3ncco3)cc2)CC1c1nc(C2CC2)no1. The number of oxazole rings is 1. The van der Waals surface area contributed by atoms with Gasteiger partial charge in [-0.1, -0.05) is 5.16 Å². The summed E-state index contributed by atoms with van der Waals surface area (Å²) in [6.07, 6.45) is 5.39. The van der Waals surface area contributed by atoms with Crippen LogP contribution in [0.15, 0.2) is 45.7 Å². The minimum absolute atomic E-state index is 0.0955. The maximum Gasteiger partial charge on any atom is 0.321 e. The largest absolute Gasteiger partial charge is 0.445 e. The van der Waals surface area contributed by atoms with Gasteiger partial charge in [0.05, 0.1) is 6.20 Å². The highest BCUT2D eigenvalue weighted by atomic mass is 16.5. The van der Waals surface area contributed by atoms with E-state index in [1.807, 2.05) is 31.3 Å². The summed E-state index contributed by atoms with van der Waals surface area (Å²) in [5.41, 5.74) is 1.57. The van der Waals surface area contributed by atoms with Crippen LogP contribution >= 0.6 is 0 Å². The lowest BCUT2D eigenvalue weighted by Gasteiger charge is -2.37. The third-order valence-electron chi connectivity index (χ3n) is 5.44. The van der Waals surface area contributed by atoms with Crippen molar-refractivity contribution in [3.63, 3.8) is 0 Å². The molecule has 3 aromatic rings. The number of aromatic nitrogens is 3. The first-order valence-corrected chi connectivity index (χ1v) is 9.77. The molecule has 29 heavy (non-hydrogen) atoms. The zero-order valence-electron chi connectivity index (χ0n) is 16.1. The lowest BCUT2D eigenvalue weighted by molar-refractivity contribution is 0.0960. The molecule has 2 aliphatic rings. The Bertz CT molecular complexity index is 980. The third kappa shape index (κ3) is 3.73. The summed E-state index contributed by atoms with van der Waals surface area (Å²) in [5.74, 6) is 2.37. The van der Waals surface area contributed by atoms with Gasteiger partial charge in [-0.2, -0.15) is 4.98 Å². The number of amides is 2. The van der Waals surface area contributed by atoms with Gasteiger partial charge in [0.25, 0.3) is 0 Å². The number of nitrogens with zero attached hydrogens (tertiary/aromatic N) is 5. The molecule has 5 rings (SSSR count). The van der Waals surface area contributed by atoms with Crippen LogP contribution in [-0.4, -0.2) is 57.6 Å². The molecule has 2 fully saturated rings. The summed E-state index contributed by atoms with van der Waals surface area (Å²) in [6.45, 7) is 1.88. The van der Waals surface area contributed by atoms with Crippen molar-refractivity contribution in [2.75, 3.05) is 32.0 Å². The first-order valence-electron chi connectivity index (χ1n) is 9.77. The van der Waals surface area contributed by atoms with E-state index >= 15 is 0 Å². The molecule has 1 aliphatic carbocycles. The van der Waals surface area contributed by atoms with Crippen molar-refractivity contribution in [2.45, 2.75) is 24.8 Å². The first-order chi connectivity index (χ1) is 14.2. The molecule has 2 aromatic heterocycles. The minimum Gasteiger partial charge on any atom is -0.445 e. The number of nitrogens with one attached hydrogen (secondary N) is 1. The van der Waals surface area contributed by atoms with Crippen LogP contribution in [0, 0.1) is 0 Å². The number of hydrogen-bond acceptors (Lipinski definition) is 7. The highest BCUT2D eigenvalue weighted by Gasteiger charge is 2.35. The van der Waals surface area contributed by atoms with Crippen LogP contribution < -0.4 is 5.32 Å². The molecule has 3 heterocycles. The fraction of sp³-hybridized carbons (Fsp3) is 0.400. The standard InChI is InChI=1S/C20H22N6O3/c1-25-9-10-26(12-16(25)19-23-17(24-29-19)13-2-3-13)20(27)22-15-6-4-14(5-7-15)18-21-8-11-28-18/h4-8,11,13,16H,2-3,9-10,12H2,1H3,(H,22,27). The van der Waals surface area contributed by atoms with Crippen LogP contribution in [0.2, 0.25) is 0 Å². The molecule has 1 saturated carbocycles. The second-order valence-corrected chi connectivity index (χ2v) is 7.55. The smallest absolute Gasteiger partial charge is 0.321 e. The predicted molar refractivity (Wildman–Crippen MR) is 104 cm³/mol. The summed E-state index contributed by atoms with van der Waals surface area (Å²) in [5, 5.41) is 7.07. The van der Waals surface area contributed by atoms with Gasteiger partial charge in [-0.3, -0.25) is 4.90 Å². The van der Waals surface area contributed by atoms with Crippen LogP contribution in [0.3, 0.4) is 0 Å². The quantitative estimate of drug-likeness (QED) is 0.725. The van der Waals surface area contributed by atoms with Crippen molar-refractivity contribution in [1.82, 2.24) is 24.9 Å². The van der Waals surface area contributed by atoms with Crippen LogP contribution in [0.4, 0.5) is 10.5 Å². The summed E-state index contributed by atoms with van der Waals surface area (Å²) >= 11 is 0. The minimum atomic E-state index is -0.145. The van der Waals surface area contributed by atoms with Gasteiger partial charge in [0.1, 0.15) is 12.3 Å². The van der Waals surface area contributed by atoms with Gasteiger partial charge >= 0.3 is 6.03 Å². The monoisotopic (exact) mass is 394 g/mol. The van der Waals surface area contributed by atoms with E-state index in [1.165, 1.54) is 6.26 Å². The van der Waals surface area contributed by atoms with E-state index in [1.54, 1.807) is 11.1 Å². The fourth-order valence-corrected chi connectivity index (χ4v) is 3.48. The van der Waals surface area contributed by atoms with E-state index in [9.17, 15) is 4.79 Å². The number of benzene rings is 1. The molecule has 150 valence electrons. The Hall–Kier alpha value is -3.20. The number of carbonyl (C=O) groups is 1. The summed E-state index contributed by atoms with van der Waals surface area (Å²) in [4.78, 5) is 25.4. The zero-order chi connectivity index (χ0) is 19.8. The van der Waals surface area contributed by atoms with Gasteiger partial charge in [0.2, 0.25) is 11.8 Å². The highest BCUT2D eigenvalue weighted by Crippen LogP contribution is 2.38. The van der Waals surface area contributed by atoms with Crippen LogP contribution in [0.5, 0.6) is 0 Å².